The third-order valence-corrected chi connectivity index (χ3v) is 4.23. The Labute approximate surface area is 132 Å². The van der Waals surface area contributed by atoms with Gasteiger partial charge >= 0.3 is 5.69 Å². The summed E-state index contributed by atoms with van der Waals surface area (Å²) in [6, 6.07) is 17.1. The standard InChI is InChI=1S/C14H9N2O2PS2/c15-9-11-1-5-13(6-2-11)17-19(20,21)18-14-7-3-12(10-16)4-8-14/h1-8H,(H,20,21). The van der Waals surface area contributed by atoms with Crippen LogP contribution in [0.25, 0.3) is 0 Å². The second-order valence-corrected chi connectivity index (χ2v) is 9.06. The van der Waals surface area contributed by atoms with Crippen LogP contribution in [0.4, 0.5) is 0 Å². The van der Waals surface area contributed by atoms with Gasteiger partial charge in [0.15, 0.2) is 0 Å². The summed E-state index contributed by atoms with van der Waals surface area (Å²) < 4.78 is 11.1. The maximum absolute atomic E-state index is 8.73. The van der Waals surface area contributed by atoms with Gasteiger partial charge in [0.1, 0.15) is 11.5 Å². The van der Waals surface area contributed by atoms with Crippen molar-refractivity contribution in [2.45, 2.75) is 0 Å². The van der Waals surface area contributed by atoms with E-state index in [4.69, 9.17) is 31.4 Å². The quantitative estimate of drug-likeness (QED) is 0.676. The van der Waals surface area contributed by atoms with E-state index in [1.807, 2.05) is 12.1 Å². The lowest BCUT2D eigenvalue weighted by molar-refractivity contribution is 0.507. The molecule has 2 rings (SSSR count). The summed E-state index contributed by atoms with van der Waals surface area (Å²) in [6.45, 7) is 0. The molecular weight excluding hydrogens is 323 g/mol. The molecule has 0 saturated carbocycles. The Morgan fingerprint density at radius 3 is 1.43 bits per heavy atom. The molecular formula is C14H9N2O2PS2. The van der Waals surface area contributed by atoms with Gasteiger partial charge in [-0.2, -0.15) is 10.5 Å². The lowest BCUT2D eigenvalue weighted by atomic mass is 10.2. The number of rotatable bonds is 4. The van der Waals surface area contributed by atoms with E-state index >= 15 is 0 Å². The van der Waals surface area contributed by atoms with Crippen molar-refractivity contribution in [2.75, 3.05) is 0 Å². The molecule has 0 aromatic heterocycles. The number of nitrogens with zero attached hydrogens (tertiary/aromatic N) is 2. The molecule has 0 amide bonds. The Kier molecular flexibility index (Phi) is 4.88. The summed E-state index contributed by atoms with van der Waals surface area (Å²) in [5.74, 6) is 0.974. The fraction of sp³-hybridized carbons (Fsp3) is 0. The van der Waals surface area contributed by atoms with Crippen molar-refractivity contribution in [2.24, 2.45) is 0 Å². The van der Waals surface area contributed by atoms with Crippen LogP contribution >= 0.6 is 17.9 Å². The van der Waals surface area contributed by atoms with Crippen molar-refractivity contribution >= 4 is 29.7 Å². The molecule has 0 aliphatic carbocycles. The maximum atomic E-state index is 8.73. The Balaban J connectivity index is 2.08. The van der Waals surface area contributed by atoms with Crippen molar-refractivity contribution in [3.63, 3.8) is 0 Å². The van der Waals surface area contributed by atoms with Gasteiger partial charge in [-0.15, -0.1) is 0 Å². The Hall–Kier alpha value is -1.98. The van der Waals surface area contributed by atoms with Gasteiger partial charge in [0.05, 0.1) is 23.3 Å². The molecule has 21 heavy (non-hydrogen) atoms. The van der Waals surface area contributed by atoms with Gasteiger partial charge in [0.2, 0.25) is 0 Å². The maximum Gasteiger partial charge on any atom is 0.345 e. The molecule has 4 nitrogen and oxygen atoms in total. The van der Waals surface area contributed by atoms with E-state index in [0.29, 0.717) is 22.6 Å². The van der Waals surface area contributed by atoms with Crippen LogP contribution in [0.2, 0.25) is 0 Å². The van der Waals surface area contributed by atoms with Gasteiger partial charge < -0.3 is 9.05 Å². The summed E-state index contributed by atoms with van der Waals surface area (Å²) in [5, 5.41) is 17.5. The first-order chi connectivity index (χ1) is 10.0. The van der Waals surface area contributed by atoms with Crippen molar-refractivity contribution in [3.8, 4) is 23.6 Å². The molecule has 0 N–H and O–H groups in total. The predicted octanol–water partition coefficient (Wildman–Crippen LogP) is 4.04. The first-order valence-electron chi connectivity index (χ1n) is 5.75. The molecule has 0 aliphatic rings. The minimum absolute atomic E-state index is 0.487. The predicted molar refractivity (Wildman–Crippen MR) is 86.8 cm³/mol. The van der Waals surface area contributed by atoms with E-state index in [1.165, 1.54) is 0 Å². The molecule has 0 heterocycles. The summed E-state index contributed by atoms with van der Waals surface area (Å²) >= 11 is 9.49. The van der Waals surface area contributed by atoms with E-state index in [2.05, 4.69) is 12.2 Å². The van der Waals surface area contributed by atoms with Gasteiger partial charge in [-0.3, -0.25) is 0 Å². The largest absolute Gasteiger partial charge is 0.428 e. The van der Waals surface area contributed by atoms with Crippen LogP contribution in [0.1, 0.15) is 11.1 Å². The monoisotopic (exact) mass is 332 g/mol. The Morgan fingerprint density at radius 2 is 1.14 bits per heavy atom. The SMILES string of the molecule is N#Cc1ccc(OP(=S)(S)Oc2ccc(C#N)cc2)cc1. The molecule has 7 heteroatoms. The topological polar surface area (TPSA) is 66.0 Å². The van der Waals surface area contributed by atoms with Crippen molar-refractivity contribution in [1.29, 1.82) is 10.5 Å². The molecule has 104 valence electrons. The van der Waals surface area contributed by atoms with E-state index in [0.717, 1.165) is 0 Å². The zero-order valence-corrected chi connectivity index (χ0v) is 13.2. The second-order valence-electron chi connectivity index (χ2n) is 3.92. The highest BCUT2D eigenvalue weighted by molar-refractivity contribution is 8.60. The Bertz CT molecular complexity index is 698. The normalized spacial score (nSPS) is 10.2. The van der Waals surface area contributed by atoms with Gasteiger partial charge in [-0.05, 0) is 60.3 Å². The molecule has 0 atom stereocenters. The van der Waals surface area contributed by atoms with E-state index in [-0.39, 0.29) is 0 Å². The molecule has 0 radical (unpaired) electrons. The molecule has 0 spiro atoms. The van der Waals surface area contributed by atoms with Crippen LogP contribution in [0, 0.1) is 22.7 Å². The number of nitriles is 2. The smallest absolute Gasteiger partial charge is 0.345 e. The summed E-state index contributed by atoms with van der Waals surface area (Å²) in [7, 11) is 0. The van der Waals surface area contributed by atoms with Gasteiger partial charge in [-0.1, -0.05) is 12.2 Å². The van der Waals surface area contributed by atoms with Crippen LogP contribution in [0.15, 0.2) is 48.5 Å². The molecule has 0 unspecified atom stereocenters. The molecule has 0 saturated heterocycles. The average Bonchev–Trinajstić information content (AvgIpc) is 2.48. The van der Waals surface area contributed by atoms with Crippen LogP contribution in [0.5, 0.6) is 11.5 Å². The van der Waals surface area contributed by atoms with Gasteiger partial charge in [0, 0.05) is 0 Å². The highest BCUT2D eigenvalue weighted by atomic mass is 32.9. The molecule has 2 aromatic carbocycles. The van der Waals surface area contributed by atoms with Gasteiger partial charge in [-0.25, -0.2) is 0 Å². The van der Waals surface area contributed by atoms with Crippen LogP contribution < -0.4 is 9.05 Å². The number of hydrogen-bond acceptors (Lipinski definition) is 5. The first kappa shape index (κ1) is 15.4. The lowest BCUT2D eigenvalue weighted by Crippen LogP contribution is -1.95. The van der Waals surface area contributed by atoms with Crippen LogP contribution in [-0.4, -0.2) is 0 Å². The van der Waals surface area contributed by atoms with Gasteiger partial charge in [0.25, 0.3) is 0 Å². The number of hydrogen-bond donors (Lipinski definition) is 1. The fourth-order valence-corrected chi connectivity index (χ4v) is 3.36. The highest BCUT2D eigenvalue weighted by Crippen LogP contribution is 2.52. The number of benzene rings is 2. The first-order valence-corrected chi connectivity index (χ1v) is 9.54. The lowest BCUT2D eigenvalue weighted by Gasteiger charge is -2.18. The fourth-order valence-electron chi connectivity index (χ4n) is 1.47. The third-order valence-electron chi connectivity index (χ3n) is 2.41. The van der Waals surface area contributed by atoms with Crippen LogP contribution in [-0.2, 0) is 11.8 Å². The van der Waals surface area contributed by atoms with Crippen LogP contribution in [0.3, 0.4) is 0 Å². The van der Waals surface area contributed by atoms with Crippen molar-refractivity contribution < 1.29 is 9.05 Å². The summed E-state index contributed by atoms with van der Waals surface area (Å²) in [4.78, 5) is 0. The average molecular weight is 332 g/mol. The minimum Gasteiger partial charge on any atom is -0.428 e. The number of thiol groups is 1. The zero-order valence-electron chi connectivity index (χ0n) is 10.6. The molecule has 0 bridgehead atoms. The van der Waals surface area contributed by atoms with Crippen molar-refractivity contribution in [3.05, 3.63) is 59.7 Å². The second kappa shape index (κ2) is 6.65. The molecule has 0 aliphatic heterocycles. The Morgan fingerprint density at radius 1 is 0.810 bits per heavy atom. The molecule has 2 aromatic rings. The summed E-state index contributed by atoms with van der Waals surface area (Å²) in [5.41, 5.74) is -1.76. The highest BCUT2D eigenvalue weighted by Gasteiger charge is 2.16. The van der Waals surface area contributed by atoms with E-state index in [1.54, 1.807) is 48.5 Å². The van der Waals surface area contributed by atoms with E-state index in [9.17, 15) is 0 Å². The zero-order chi connectivity index (χ0) is 15.3. The van der Waals surface area contributed by atoms with Crippen molar-refractivity contribution in [1.82, 2.24) is 0 Å². The third kappa shape index (κ3) is 4.51. The van der Waals surface area contributed by atoms with E-state index < -0.39 is 5.69 Å². The minimum atomic E-state index is -2.82. The summed E-state index contributed by atoms with van der Waals surface area (Å²) in [6.07, 6.45) is 0. The molecule has 0 fully saturated rings.